The van der Waals surface area contributed by atoms with Gasteiger partial charge >= 0.3 is 6.09 Å². The third kappa shape index (κ3) is 4.51. The molecule has 0 bridgehead atoms. The highest BCUT2D eigenvalue weighted by atomic mass is 16.5. The third-order valence-electron chi connectivity index (χ3n) is 5.14. The second kappa shape index (κ2) is 9.37. The van der Waals surface area contributed by atoms with Crippen molar-refractivity contribution in [3.63, 3.8) is 0 Å². The molecule has 0 aliphatic heterocycles. The molecule has 3 rings (SSSR count). The smallest absolute Gasteiger partial charge is 0.407 e. The molecule has 6 nitrogen and oxygen atoms in total. The number of likely N-dealkylation sites (N-methyl/N-ethyl adjacent to an activating group) is 1. The number of hydrogen-bond acceptors (Lipinski definition) is 4. The molecule has 1 atom stereocenters. The average Bonchev–Trinajstić information content (AvgIpc) is 3.05. The van der Waals surface area contributed by atoms with Gasteiger partial charge in [0.2, 0.25) is 5.91 Å². The first-order valence-corrected chi connectivity index (χ1v) is 9.68. The summed E-state index contributed by atoms with van der Waals surface area (Å²) in [7, 11) is 1.57. The number of fused-ring (bicyclic) bond motifs is 3. The molecule has 2 aromatic carbocycles. The quantitative estimate of drug-likeness (QED) is 0.613. The predicted molar refractivity (Wildman–Crippen MR) is 109 cm³/mol. The Morgan fingerprint density at radius 2 is 1.64 bits per heavy atom. The van der Waals surface area contributed by atoms with Crippen LogP contribution in [-0.2, 0) is 9.53 Å². The van der Waals surface area contributed by atoms with Crippen LogP contribution in [0.25, 0.3) is 11.1 Å². The van der Waals surface area contributed by atoms with Gasteiger partial charge in [-0.2, -0.15) is 0 Å². The number of ether oxygens (including phenoxy) is 1. The third-order valence-corrected chi connectivity index (χ3v) is 5.14. The van der Waals surface area contributed by atoms with E-state index in [1.807, 2.05) is 24.3 Å². The minimum absolute atomic E-state index is 0.0590. The molecule has 0 spiro atoms. The van der Waals surface area contributed by atoms with E-state index in [9.17, 15) is 9.59 Å². The molecule has 6 heteroatoms. The molecule has 0 saturated heterocycles. The lowest BCUT2D eigenvalue weighted by molar-refractivity contribution is -0.122. The Kier molecular flexibility index (Phi) is 6.66. The van der Waals surface area contributed by atoms with E-state index in [4.69, 9.17) is 10.5 Å². The molecule has 0 aromatic heterocycles. The predicted octanol–water partition coefficient (Wildman–Crippen LogP) is 2.77. The highest BCUT2D eigenvalue weighted by molar-refractivity contribution is 5.81. The van der Waals surface area contributed by atoms with Crippen LogP contribution < -0.4 is 16.4 Å². The van der Waals surface area contributed by atoms with Gasteiger partial charge in [-0.1, -0.05) is 48.5 Å². The van der Waals surface area contributed by atoms with E-state index >= 15 is 0 Å². The minimum atomic E-state index is -0.501. The van der Waals surface area contributed by atoms with Gasteiger partial charge in [-0.25, -0.2) is 4.79 Å². The van der Waals surface area contributed by atoms with Crippen molar-refractivity contribution in [3.05, 3.63) is 59.7 Å². The topological polar surface area (TPSA) is 93.5 Å². The Morgan fingerprint density at radius 3 is 2.25 bits per heavy atom. The van der Waals surface area contributed by atoms with E-state index in [2.05, 4.69) is 34.9 Å². The van der Waals surface area contributed by atoms with Gasteiger partial charge in [0.05, 0.1) is 6.04 Å². The van der Waals surface area contributed by atoms with E-state index in [-0.39, 0.29) is 11.8 Å². The van der Waals surface area contributed by atoms with E-state index in [1.165, 1.54) is 22.3 Å². The first-order chi connectivity index (χ1) is 13.6. The summed E-state index contributed by atoms with van der Waals surface area (Å²) in [6.45, 7) is 0.804. The van der Waals surface area contributed by atoms with Gasteiger partial charge in [-0.3, -0.25) is 4.79 Å². The lowest BCUT2D eigenvalue weighted by Crippen LogP contribution is -2.38. The Morgan fingerprint density at radius 1 is 1.04 bits per heavy atom. The molecule has 2 amide bonds. The Balaban J connectivity index is 1.45. The molecule has 0 heterocycles. The van der Waals surface area contributed by atoms with Gasteiger partial charge in [0, 0.05) is 19.5 Å². The summed E-state index contributed by atoms with van der Waals surface area (Å²) in [5.74, 6) is -0.104. The molecular formula is C22H27N3O3. The summed E-state index contributed by atoms with van der Waals surface area (Å²) in [4.78, 5) is 23.4. The molecule has 0 unspecified atom stereocenters. The zero-order valence-corrected chi connectivity index (χ0v) is 16.1. The van der Waals surface area contributed by atoms with E-state index in [1.54, 1.807) is 7.05 Å². The Bertz CT molecular complexity index is 792. The van der Waals surface area contributed by atoms with Crippen molar-refractivity contribution in [2.24, 2.45) is 5.73 Å². The van der Waals surface area contributed by atoms with E-state index < -0.39 is 12.1 Å². The van der Waals surface area contributed by atoms with Crippen LogP contribution in [-0.4, -0.2) is 38.2 Å². The monoisotopic (exact) mass is 381 g/mol. The van der Waals surface area contributed by atoms with Gasteiger partial charge < -0.3 is 21.1 Å². The number of carbonyl (C=O) groups is 2. The van der Waals surface area contributed by atoms with Gasteiger partial charge in [0.25, 0.3) is 0 Å². The van der Waals surface area contributed by atoms with E-state index in [0.717, 1.165) is 12.8 Å². The van der Waals surface area contributed by atoms with Crippen molar-refractivity contribution in [3.8, 4) is 11.1 Å². The molecule has 28 heavy (non-hydrogen) atoms. The number of unbranched alkanes of at least 4 members (excludes halogenated alkanes) is 1. The molecule has 4 N–H and O–H groups in total. The first kappa shape index (κ1) is 19.9. The van der Waals surface area contributed by atoms with Crippen molar-refractivity contribution in [2.45, 2.75) is 31.2 Å². The van der Waals surface area contributed by atoms with Crippen molar-refractivity contribution < 1.29 is 14.3 Å². The first-order valence-electron chi connectivity index (χ1n) is 9.68. The number of nitrogens with two attached hydrogens (primary N) is 1. The van der Waals surface area contributed by atoms with Gasteiger partial charge in [0.15, 0.2) is 0 Å². The number of rotatable bonds is 8. The van der Waals surface area contributed by atoms with Crippen LogP contribution in [0.4, 0.5) is 4.79 Å². The summed E-state index contributed by atoms with van der Waals surface area (Å²) in [5.41, 5.74) is 10.5. The summed E-state index contributed by atoms with van der Waals surface area (Å²) >= 11 is 0. The van der Waals surface area contributed by atoms with Crippen molar-refractivity contribution in [2.75, 3.05) is 20.2 Å². The molecule has 0 radical (unpaired) electrons. The summed E-state index contributed by atoms with van der Waals surface area (Å²) in [6.07, 6.45) is 1.68. The second-order valence-corrected chi connectivity index (χ2v) is 6.97. The summed E-state index contributed by atoms with van der Waals surface area (Å²) < 4.78 is 5.48. The molecule has 0 fully saturated rings. The van der Waals surface area contributed by atoms with Crippen LogP contribution in [0.5, 0.6) is 0 Å². The minimum Gasteiger partial charge on any atom is -0.449 e. The number of amides is 2. The standard InChI is InChI=1S/C22H27N3O3/c1-24-21(26)20(23)12-6-7-13-25-22(27)28-14-19-17-10-4-2-8-15(17)16-9-3-5-11-18(16)19/h2-5,8-11,19-20H,6-7,12-14,23H2,1H3,(H,24,26)(H,25,27)/t20-/m0/s1. The SMILES string of the molecule is CNC(=O)[C@@H](N)CCCCNC(=O)OCC1c2ccccc2-c2ccccc21. The van der Waals surface area contributed by atoms with Gasteiger partial charge in [-0.05, 0) is 41.5 Å². The normalized spacial score (nSPS) is 13.4. The maximum atomic E-state index is 12.1. The van der Waals surface area contributed by atoms with Crippen LogP contribution in [0.3, 0.4) is 0 Å². The van der Waals surface area contributed by atoms with Crippen LogP contribution in [0.2, 0.25) is 0 Å². The molecule has 1 aliphatic rings. The maximum absolute atomic E-state index is 12.1. The van der Waals surface area contributed by atoms with Crippen molar-refractivity contribution in [1.82, 2.24) is 10.6 Å². The lowest BCUT2D eigenvalue weighted by atomic mass is 9.98. The molecular weight excluding hydrogens is 354 g/mol. The maximum Gasteiger partial charge on any atom is 0.407 e. The van der Waals surface area contributed by atoms with Crippen molar-refractivity contribution >= 4 is 12.0 Å². The van der Waals surface area contributed by atoms with E-state index in [0.29, 0.717) is 19.6 Å². The lowest BCUT2D eigenvalue weighted by Gasteiger charge is -2.14. The molecule has 2 aromatic rings. The summed E-state index contributed by atoms with van der Waals surface area (Å²) in [5, 5.41) is 5.30. The van der Waals surface area contributed by atoms with Crippen LogP contribution >= 0.6 is 0 Å². The van der Waals surface area contributed by atoms with Gasteiger partial charge in [-0.15, -0.1) is 0 Å². The summed E-state index contributed by atoms with van der Waals surface area (Å²) in [6, 6.07) is 16.0. The number of hydrogen-bond donors (Lipinski definition) is 3. The van der Waals surface area contributed by atoms with Crippen LogP contribution in [0.1, 0.15) is 36.3 Å². The average molecular weight is 381 g/mol. The van der Waals surface area contributed by atoms with Crippen molar-refractivity contribution in [1.29, 1.82) is 0 Å². The largest absolute Gasteiger partial charge is 0.449 e. The Hall–Kier alpha value is -2.86. The fourth-order valence-electron chi connectivity index (χ4n) is 3.65. The zero-order chi connectivity index (χ0) is 19.9. The van der Waals surface area contributed by atoms with Gasteiger partial charge in [0.1, 0.15) is 6.61 Å². The van der Waals surface area contributed by atoms with Crippen LogP contribution in [0, 0.1) is 0 Å². The zero-order valence-electron chi connectivity index (χ0n) is 16.1. The highest BCUT2D eigenvalue weighted by Crippen LogP contribution is 2.44. The number of carbonyl (C=O) groups excluding carboxylic acids is 2. The molecule has 148 valence electrons. The fraction of sp³-hybridized carbons (Fsp3) is 0.364. The fourth-order valence-corrected chi connectivity index (χ4v) is 3.65. The molecule has 0 saturated carbocycles. The van der Waals surface area contributed by atoms with Crippen LogP contribution in [0.15, 0.2) is 48.5 Å². The second-order valence-electron chi connectivity index (χ2n) is 6.97. The highest BCUT2D eigenvalue weighted by Gasteiger charge is 2.28. The number of benzene rings is 2. The number of alkyl carbamates (subject to hydrolysis) is 1. The Labute approximate surface area is 165 Å². The molecule has 1 aliphatic carbocycles. The number of nitrogens with one attached hydrogen (secondary N) is 2.